The number of aryl methyl sites for hydroxylation is 3. The SMILES string of the molecule is Cc1ccc([C@H](C)NC(=O)[C@H](C)Oc2cc(C)ccc2C)cc1. The first kappa shape index (κ1) is 17.1. The van der Waals surface area contributed by atoms with E-state index in [0.29, 0.717) is 0 Å². The number of rotatable bonds is 5. The highest BCUT2D eigenvalue weighted by molar-refractivity contribution is 5.81. The van der Waals surface area contributed by atoms with Crippen molar-refractivity contribution in [2.24, 2.45) is 0 Å². The summed E-state index contributed by atoms with van der Waals surface area (Å²) in [6.07, 6.45) is -0.539. The summed E-state index contributed by atoms with van der Waals surface area (Å²) < 4.78 is 5.83. The molecule has 0 bridgehead atoms. The molecule has 0 radical (unpaired) electrons. The van der Waals surface area contributed by atoms with Crippen molar-refractivity contribution in [3.05, 3.63) is 64.7 Å². The minimum Gasteiger partial charge on any atom is -0.481 e. The first-order valence-corrected chi connectivity index (χ1v) is 7.97. The molecule has 3 heteroatoms. The van der Waals surface area contributed by atoms with Crippen LogP contribution in [0.5, 0.6) is 5.75 Å². The van der Waals surface area contributed by atoms with E-state index >= 15 is 0 Å². The lowest BCUT2D eigenvalue weighted by molar-refractivity contribution is -0.127. The van der Waals surface area contributed by atoms with Crippen LogP contribution in [0.15, 0.2) is 42.5 Å². The number of hydrogen-bond donors (Lipinski definition) is 1. The molecule has 23 heavy (non-hydrogen) atoms. The van der Waals surface area contributed by atoms with Gasteiger partial charge in [-0.1, -0.05) is 42.0 Å². The summed E-state index contributed by atoms with van der Waals surface area (Å²) in [5.41, 5.74) is 4.44. The van der Waals surface area contributed by atoms with Crippen LogP contribution in [-0.2, 0) is 4.79 Å². The summed E-state index contributed by atoms with van der Waals surface area (Å²) in [5, 5.41) is 3.01. The number of ether oxygens (including phenoxy) is 1. The van der Waals surface area contributed by atoms with Gasteiger partial charge in [-0.15, -0.1) is 0 Å². The molecular formula is C20H25NO2. The second-order valence-corrected chi connectivity index (χ2v) is 6.17. The van der Waals surface area contributed by atoms with Crippen molar-refractivity contribution < 1.29 is 9.53 Å². The fraction of sp³-hybridized carbons (Fsp3) is 0.350. The minimum atomic E-state index is -0.539. The van der Waals surface area contributed by atoms with Gasteiger partial charge < -0.3 is 10.1 Å². The Kier molecular flexibility index (Phi) is 5.43. The predicted octanol–water partition coefficient (Wildman–Crippen LogP) is 4.26. The molecule has 0 aliphatic carbocycles. The molecule has 0 aliphatic rings. The first-order chi connectivity index (χ1) is 10.9. The molecule has 0 unspecified atom stereocenters. The zero-order valence-electron chi connectivity index (χ0n) is 14.5. The van der Waals surface area contributed by atoms with E-state index in [-0.39, 0.29) is 11.9 Å². The van der Waals surface area contributed by atoms with Gasteiger partial charge in [0.15, 0.2) is 6.10 Å². The monoisotopic (exact) mass is 311 g/mol. The maximum atomic E-state index is 12.4. The zero-order chi connectivity index (χ0) is 17.0. The van der Waals surface area contributed by atoms with Gasteiger partial charge in [-0.25, -0.2) is 0 Å². The van der Waals surface area contributed by atoms with Gasteiger partial charge in [-0.05, 0) is 57.4 Å². The first-order valence-electron chi connectivity index (χ1n) is 7.97. The van der Waals surface area contributed by atoms with Crippen molar-refractivity contribution in [1.82, 2.24) is 5.32 Å². The zero-order valence-corrected chi connectivity index (χ0v) is 14.5. The summed E-state index contributed by atoms with van der Waals surface area (Å²) in [6, 6.07) is 14.1. The summed E-state index contributed by atoms with van der Waals surface area (Å²) >= 11 is 0. The molecule has 1 amide bonds. The Balaban J connectivity index is 1.99. The van der Waals surface area contributed by atoms with Crippen molar-refractivity contribution in [2.45, 2.75) is 46.8 Å². The highest BCUT2D eigenvalue weighted by Gasteiger charge is 2.18. The predicted molar refractivity (Wildman–Crippen MR) is 93.7 cm³/mol. The molecule has 2 rings (SSSR count). The number of nitrogens with one attached hydrogen (secondary N) is 1. The van der Waals surface area contributed by atoms with Gasteiger partial charge in [0.05, 0.1) is 6.04 Å². The van der Waals surface area contributed by atoms with Gasteiger partial charge in [0.25, 0.3) is 5.91 Å². The lowest BCUT2D eigenvalue weighted by atomic mass is 10.1. The number of hydrogen-bond acceptors (Lipinski definition) is 2. The topological polar surface area (TPSA) is 38.3 Å². The highest BCUT2D eigenvalue weighted by Crippen LogP contribution is 2.21. The van der Waals surface area contributed by atoms with E-state index in [1.807, 2.05) is 70.2 Å². The van der Waals surface area contributed by atoms with Crippen LogP contribution in [0, 0.1) is 20.8 Å². The van der Waals surface area contributed by atoms with Crippen LogP contribution in [0.4, 0.5) is 0 Å². The Bertz CT molecular complexity index is 677. The Hall–Kier alpha value is -2.29. The quantitative estimate of drug-likeness (QED) is 0.896. The van der Waals surface area contributed by atoms with E-state index in [1.165, 1.54) is 5.56 Å². The second kappa shape index (κ2) is 7.32. The van der Waals surface area contributed by atoms with Crippen LogP contribution in [0.25, 0.3) is 0 Å². The van der Waals surface area contributed by atoms with Gasteiger partial charge in [-0.2, -0.15) is 0 Å². The largest absolute Gasteiger partial charge is 0.481 e. The molecule has 122 valence electrons. The summed E-state index contributed by atoms with van der Waals surface area (Å²) in [7, 11) is 0. The van der Waals surface area contributed by atoms with Crippen LogP contribution >= 0.6 is 0 Å². The number of carbonyl (C=O) groups excluding carboxylic acids is 1. The molecule has 1 N–H and O–H groups in total. The van der Waals surface area contributed by atoms with Crippen molar-refractivity contribution in [3.8, 4) is 5.75 Å². The molecule has 0 spiro atoms. The molecule has 0 aromatic heterocycles. The number of amides is 1. The van der Waals surface area contributed by atoms with Gasteiger partial charge >= 0.3 is 0 Å². The van der Waals surface area contributed by atoms with Crippen molar-refractivity contribution in [3.63, 3.8) is 0 Å². The molecule has 0 saturated heterocycles. The van der Waals surface area contributed by atoms with Crippen LogP contribution in [-0.4, -0.2) is 12.0 Å². The minimum absolute atomic E-state index is 0.0484. The van der Waals surface area contributed by atoms with E-state index in [9.17, 15) is 4.79 Å². The average molecular weight is 311 g/mol. The molecule has 0 aliphatic heterocycles. The van der Waals surface area contributed by atoms with Crippen molar-refractivity contribution in [1.29, 1.82) is 0 Å². The smallest absolute Gasteiger partial charge is 0.261 e. The Morgan fingerprint density at radius 2 is 1.57 bits per heavy atom. The normalized spacial score (nSPS) is 13.3. The summed E-state index contributed by atoms with van der Waals surface area (Å²) in [6.45, 7) is 9.80. The number of carbonyl (C=O) groups is 1. The van der Waals surface area contributed by atoms with E-state index < -0.39 is 6.10 Å². The average Bonchev–Trinajstić information content (AvgIpc) is 2.51. The molecule has 2 aromatic carbocycles. The Labute approximate surface area is 138 Å². The molecule has 0 saturated carbocycles. The molecule has 2 aromatic rings. The third kappa shape index (κ3) is 4.59. The van der Waals surface area contributed by atoms with Crippen molar-refractivity contribution >= 4 is 5.91 Å². The fourth-order valence-corrected chi connectivity index (χ4v) is 2.35. The molecule has 0 heterocycles. The van der Waals surface area contributed by atoms with E-state index in [2.05, 4.69) is 5.32 Å². The summed E-state index contributed by atoms with van der Waals surface area (Å²) in [4.78, 5) is 12.4. The highest BCUT2D eigenvalue weighted by atomic mass is 16.5. The van der Waals surface area contributed by atoms with Crippen molar-refractivity contribution in [2.75, 3.05) is 0 Å². The maximum Gasteiger partial charge on any atom is 0.261 e. The third-order valence-corrected chi connectivity index (χ3v) is 3.95. The van der Waals surface area contributed by atoms with E-state index in [1.54, 1.807) is 6.92 Å². The fourth-order valence-electron chi connectivity index (χ4n) is 2.35. The summed E-state index contributed by atoms with van der Waals surface area (Å²) in [5.74, 6) is 0.648. The molecule has 0 fully saturated rings. The van der Waals surface area contributed by atoms with Gasteiger partial charge in [-0.3, -0.25) is 4.79 Å². The maximum absolute atomic E-state index is 12.4. The lowest BCUT2D eigenvalue weighted by Crippen LogP contribution is -2.37. The molecular weight excluding hydrogens is 286 g/mol. The Morgan fingerprint density at radius 3 is 2.22 bits per heavy atom. The van der Waals surface area contributed by atoms with E-state index in [4.69, 9.17) is 4.74 Å². The van der Waals surface area contributed by atoms with Crippen LogP contribution in [0.1, 0.15) is 42.1 Å². The van der Waals surface area contributed by atoms with Gasteiger partial charge in [0.1, 0.15) is 5.75 Å². The number of benzene rings is 2. The molecule has 2 atom stereocenters. The standard InChI is InChI=1S/C20H25NO2/c1-13-7-10-18(11-8-13)16(4)21-20(22)17(5)23-19-12-14(2)6-9-15(19)3/h6-12,16-17H,1-5H3,(H,21,22)/t16-,17-/m0/s1. The van der Waals surface area contributed by atoms with Crippen LogP contribution in [0.3, 0.4) is 0 Å². The van der Waals surface area contributed by atoms with Gasteiger partial charge in [0.2, 0.25) is 0 Å². The van der Waals surface area contributed by atoms with Gasteiger partial charge in [0, 0.05) is 0 Å². The van der Waals surface area contributed by atoms with Crippen LogP contribution < -0.4 is 10.1 Å². The van der Waals surface area contributed by atoms with E-state index in [0.717, 1.165) is 22.4 Å². The second-order valence-electron chi connectivity index (χ2n) is 6.17. The lowest BCUT2D eigenvalue weighted by Gasteiger charge is -2.20. The third-order valence-electron chi connectivity index (χ3n) is 3.95. The molecule has 3 nitrogen and oxygen atoms in total. The Morgan fingerprint density at radius 1 is 0.957 bits per heavy atom. The van der Waals surface area contributed by atoms with Crippen LogP contribution in [0.2, 0.25) is 0 Å².